The van der Waals surface area contributed by atoms with E-state index in [0.29, 0.717) is 12.2 Å². The van der Waals surface area contributed by atoms with E-state index in [1.807, 2.05) is 6.08 Å². The van der Waals surface area contributed by atoms with Gasteiger partial charge < -0.3 is 9.84 Å². The SMILES string of the molecule is CCCCCCCS(=O)(=O)C[C@@H]1[C@@H](C/C=C\CCCC(=O)O)[C@H]2CC[C@@H]1O2. The van der Waals surface area contributed by atoms with Gasteiger partial charge in [-0.15, -0.1) is 0 Å². The molecule has 2 saturated heterocycles. The van der Waals surface area contributed by atoms with Gasteiger partial charge in [0.1, 0.15) is 0 Å². The van der Waals surface area contributed by atoms with Crippen LogP contribution in [-0.4, -0.2) is 43.2 Å². The average molecular weight is 401 g/mol. The molecule has 0 spiro atoms. The van der Waals surface area contributed by atoms with Gasteiger partial charge in [0.15, 0.2) is 9.84 Å². The zero-order valence-corrected chi connectivity index (χ0v) is 17.5. The van der Waals surface area contributed by atoms with Crippen molar-refractivity contribution >= 4 is 15.8 Å². The van der Waals surface area contributed by atoms with Crippen molar-refractivity contribution in [3.05, 3.63) is 12.2 Å². The summed E-state index contributed by atoms with van der Waals surface area (Å²) < 4.78 is 31.2. The lowest BCUT2D eigenvalue weighted by atomic mass is 9.78. The largest absolute Gasteiger partial charge is 0.481 e. The van der Waals surface area contributed by atoms with Crippen LogP contribution in [0.25, 0.3) is 0 Å². The van der Waals surface area contributed by atoms with Crippen LogP contribution in [0.4, 0.5) is 0 Å². The van der Waals surface area contributed by atoms with Crippen molar-refractivity contribution in [2.45, 2.75) is 89.8 Å². The summed E-state index contributed by atoms with van der Waals surface area (Å²) in [7, 11) is -3.03. The number of hydrogen-bond donors (Lipinski definition) is 1. The Balaban J connectivity index is 1.79. The summed E-state index contributed by atoms with van der Waals surface area (Å²) in [6.45, 7) is 2.16. The molecule has 2 bridgehead atoms. The van der Waals surface area contributed by atoms with Crippen molar-refractivity contribution in [2.75, 3.05) is 11.5 Å². The molecule has 0 radical (unpaired) electrons. The Labute approximate surface area is 164 Å². The highest BCUT2D eigenvalue weighted by molar-refractivity contribution is 7.91. The predicted molar refractivity (Wildman–Crippen MR) is 108 cm³/mol. The number of aliphatic carboxylic acids is 1. The molecule has 2 heterocycles. The Kier molecular flexibility index (Phi) is 9.30. The number of allylic oxidation sites excluding steroid dienone is 2. The lowest BCUT2D eigenvalue weighted by molar-refractivity contribution is -0.137. The summed E-state index contributed by atoms with van der Waals surface area (Å²) in [5.74, 6) is 0.217. The second-order valence-electron chi connectivity index (χ2n) is 8.14. The van der Waals surface area contributed by atoms with E-state index >= 15 is 0 Å². The van der Waals surface area contributed by atoms with Crippen molar-refractivity contribution in [1.29, 1.82) is 0 Å². The van der Waals surface area contributed by atoms with Gasteiger partial charge in [-0.2, -0.15) is 0 Å². The van der Waals surface area contributed by atoms with Gasteiger partial charge in [0.05, 0.1) is 23.7 Å². The van der Waals surface area contributed by atoms with E-state index < -0.39 is 15.8 Å². The summed E-state index contributed by atoms with van der Waals surface area (Å²) >= 11 is 0. The van der Waals surface area contributed by atoms with Gasteiger partial charge >= 0.3 is 5.97 Å². The summed E-state index contributed by atoms with van der Waals surface area (Å²) in [4.78, 5) is 10.5. The lowest BCUT2D eigenvalue weighted by Crippen LogP contribution is -2.33. The topological polar surface area (TPSA) is 80.7 Å². The molecule has 2 aliphatic rings. The number of unbranched alkanes of at least 4 members (excludes halogenated alkanes) is 5. The van der Waals surface area contributed by atoms with Gasteiger partial charge in [0.25, 0.3) is 0 Å². The standard InChI is InChI=1S/C21H36O5S/c1-2-3-4-7-10-15-27(24,25)16-18-17(19-13-14-20(18)26-19)11-8-5-6-9-12-21(22)23/h5,8,17-20H,2-4,6-7,9-16H2,1H3,(H,22,23)/b8-5-/t17-,18-,19-,20+/m1/s1. The molecule has 2 rings (SSSR count). The minimum atomic E-state index is -3.03. The third kappa shape index (κ3) is 7.57. The van der Waals surface area contributed by atoms with Crippen molar-refractivity contribution in [1.82, 2.24) is 0 Å². The van der Waals surface area contributed by atoms with Gasteiger partial charge in [0, 0.05) is 12.3 Å². The Hall–Kier alpha value is -0.880. The van der Waals surface area contributed by atoms with Crippen LogP contribution in [0.2, 0.25) is 0 Å². The lowest BCUT2D eigenvalue weighted by Gasteiger charge is -2.27. The highest BCUT2D eigenvalue weighted by atomic mass is 32.2. The monoisotopic (exact) mass is 400 g/mol. The Morgan fingerprint density at radius 2 is 1.74 bits per heavy atom. The predicted octanol–water partition coefficient (Wildman–Crippen LogP) is 4.37. The van der Waals surface area contributed by atoms with Gasteiger partial charge in [-0.1, -0.05) is 44.8 Å². The van der Waals surface area contributed by atoms with E-state index in [4.69, 9.17) is 9.84 Å². The van der Waals surface area contributed by atoms with E-state index in [2.05, 4.69) is 13.0 Å². The van der Waals surface area contributed by atoms with Crippen molar-refractivity contribution in [3.8, 4) is 0 Å². The first kappa shape index (κ1) is 22.4. The molecule has 156 valence electrons. The zero-order valence-electron chi connectivity index (χ0n) is 16.6. The molecular formula is C21H36O5S. The molecule has 1 N–H and O–H groups in total. The van der Waals surface area contributed by atoms with Gasteiger partial charge in [-0.3, -0.25) is 4.79 Å². The zero-order chi connectivity index (χ0) is 19.7. The maximum atomic E-state index is 12.6. The summed E-state index contributed by atoms with van der Waals surface area (Å²) in [6, 6.07) is 0. The van der Waals surface area contributed by atoms with Crippen molar-refractivity contribution < 1.29 is 23.1 Å². The van der Waals surface area contributed by atoms with Crippen LogP contribution in [-0.2, 0) is 19.4 Å². The van der Waals surface area contributed by atoms with Gasteiger partial charge in [-0.05, 0) is 44.4 Å². The van der Waals surface area contributed by atoms with E-state index in [1.165, 1.54) is 12.8 Å². The summed E-state index contributed by atoms with van der Waals surface area (Å²) in [5.41, 5.74) is 0. The molecule has 2 fully saturated rings. The fourth-order valence-corrected chi connectivity index (χ4v) is 6.33. The highest BCUT2D eigenvalue weighted by Gasteiger charge is 2.49. The second-order valence-corrected chi connectivity index (χ2v) is 10.4. The number of rotatable bonds is 14. The average Bonchev–Trinajstić information content (AvgIpc) is 3.19. The molecule has 0 aromatic rings. The molecule has 5 nitrogen and oxygen atoms in total. The van der Waals surface area contributed by atoms with Crippen LogP contribution in [0.5, 0.6) is 0 Å². The fourth-order valence-electron chi connectivity index (χ4n) is 4.47. The van der Waals surface area contributed by atoms with Gasteiger partial charge in [0.2, 0.25) is 0 Å². The molecule has 0 aromatic carbocycles. The second kappa shape index (κ2) is 11.2. The number of carboxylic acid groups (broad SMARTS) is 1. The maximum Gasteiger partial charge on any atom is 0.303 e. The van der Waals surface area contributed by atoms with E-state index in [9.17, 15) is 13.2 Å². The number of ether oxygens (including phenoxy) is 1. The first-order chi connectivity index (χ1) is 12.9. The van der Waals surface area contributed by atoms with E-state index in [1.54, 1.807) is 0 Å². The molecule has 0 aromatic heterocycles. The minimum absolute atomic E-state index is 0.107. The third-order valence-electron chi connectivity index (χ3n) is 5.93. The molecule has 4 atom stereocenters. The Morgan fingerprint density at radius 3 is 2.44 bits per heavy atom. The van der Waals surface area contributed by atoms with Crippen LogP contribution in [0.15, 0.2) is 12.2 Å². The molecule has 0 aliphatic carbocycles. The maximum absolute atomic E-state index is 12.6. The number of sulfone groups is 1. The van der Waals surface area contributed by atoms with Crippen LogP contribution >= 0.6 is 0 Å². The van der Waals surface area contributed by atoms with Crippen LogP contribution in [0.3, 0.4) is 0 Å². The quantitative estimate of drug-likeness (QED) is 0.346. The first-order valence-corrected chi connectivity index (χ1v) is 12.5. The summed E-state index contributed by atoms with van der Waals surface area (Å²) in [5, 5.41) is 8.66. The molecule has 2 aliphatic heterocycles. The fraction of sp³-hybridized carbons (Fsp3) is 0.857. The normalized spacial score (nSPS) is 27.6. The van der Waals surface area contributed by atoms with E-state index in [0.717, 1.165) is 44.9 Å². The number of carboxylic acids is 1. The number of carbonyl (C=O) groups is 1. The molecule has 0 saturated carbocycles. The molecule has 6 heteroatoms. The molecule has 0 unspecified atom stereocenters. The van der Waals surface area contributed by atoms with Crippen molar-refractivity contribution in [2.24, 2.45) is 11.8 Å². The third-order valence-corrected chi connectivity index (χ3v) is 7.74. The highest BCUT2D eigenvalue weighted by Crippen LogP contribution is 2.45. The molecule has 27 heavy (non-hydrogen) atoms. The van der Waals surface area contributed by atoms with E-state index in [-0.39, 0.29) is 36.2 Å². The Bertz CT molecular complexity index is 583. The minimum Gasteiger partial charge on any atom is -0.481 e. The Morgan fingerprint density at radius 1 is 1.04 bits per heavy atom. The number of fused-ring (bicyclic) bond motifs is 2. The van der Waals surface area contributed by atoms with Crippen LogP contribution in [0, 0.1) is 11.8 Å². The van der Waals surface area contributed by atoms with Crippen molar-refractivity contribution in [3.63, 3.8) is 0 Å². The smallest absolute Gasteiger partial charge is 0.303 e. The van der Waals surface area contributed by atoms with Gasteiger partial charge in [-0.25, -0.2) is 8.42 Å². The summed E-state index contributed by atoms with van der Waals surface area (Å²) in [6.07, 6.45) is 14.2. The number of hydrogen-bond acceptors (Lipinski definition) is 4. The molecular weight excluding hydrogens is 364 g/mol. The van der Waals surface area contributed by atoms with Crippen LogP contribution in [0.1, 0.15) is 77.6 Å². The molecule has 0 amide bonds. The first-order valence-electron chi connectivity index (χ1n) is 10.7. The van der Waals surface area contributed by atoms with Crippen LogP contribution < -0.4 is 0 Å².